The van der Waals surface area contributed by atoms with Crippen molar-refractivity contribution in [3.8, 4) is 5.75 Å². The molecule has 0 aliphatic carbocycles. The summed E-state index contributed by atoms with van der Waals surface area (Å²) < 4.78 is 13.4. The van der Waals surface area contributed by atoms with Gasteiger partial charge >= 0.3 is 0 Å². The van der Waals surface area contributed by atoms with E-state index in [4.69, 9.17) is 9.47 Å². The van der Waals surface area contributed by atoms with Crippen molar-refractivity contribution in [1.82, 2.24) is 9.55 Å². The number of halogens is 1. The minimum Gasteiger partial charge on any atom is -0.493 e. The van der Waals surface area contributed by atoms with E-state index in [0.717, 1.165) is 43.1 Å². The van der Waals surface area contributed by atoms with Crippen molar-refractivity contribution >= 4 is 23.4 Å². The summed E-state index contributed by atoms with van der Waals surface area (Å²) in [6.45, 7) is 4.27. The van der Waals surface area contributed by atoms with Crippen molar-refractivity contribution in [2.75, 3.05) is 13.7 Å². The van der Waals surface area contributed by atoms with Gasteiger partial charge in [0.2, 0.25) is 0 Å². The van der Waals surface area contributed by atoms with Crippen LogP contribution < -0.4 is 4.74 Å². The molecule has 3 aromatic rings. The number of unbranched alkanes of at least 4 members (excludes halogenated alkanes) is 1. The first kappa shape index (κ1) is 19.3. The lowest BCUT2D eigenvalue weighted by Gasteiger charge is -2.10. The molecular formula is C20H25ClN2O2. The molecule has 5 heteroatoms. The van der Waals surface area contributed by atoms with Crippen LogP contribution in [0, 0.1) is 6.92 Å². The molecule has 2 aromatic carbocycles. The van der Waals surface area contributed by atoms with Crippen LogP contribution in [0.5, 0.6) is 5.75 Å². The molecule has 0 aliphatic heterocycles. The molecule has 0 fully saturated rings. The molecule has 0 unspecified atom stereocenters. The van der Waals surface area contributed by atoms with Gasteiger partial charge < -0.3 is 14.0 Å². The molecule has 0 atom stereocenters. The Hall–Kier alpha value is -2.04. The second-order valence-corrected chi connectivity index (χ2v) is 5.92. The molecule has 0 bridgehead atoms. The molecule has 134 valence electrons. The van der Waals surface area contributed by atoms with Crippen molar-refractivity contribution in [3.63, 3.8) is 0 Å². The maximum absolute atomic E-state index is 5.87. The van der Waals surface area contributed by atoms with Gasteiger partial charge in [-0.3, -0.25) is 0 Å². The van der Waals surface area contributed by atoms with E-state index < -0.39 is 0 Å². The van der Waals surface area contributed by atoms with Crippen LogP contribution in [0.1, 0.15) is 24.2 Å². The van der Waals surface area contributed by atoms with E-state index in [1.54, 1.807) is 7.11 Å². The van der Waals surface area contributed by atoms with Gasteiger partial charge in [-0.05, 0) is 43.5 Å². The molecule has 1 heterocycles. The molecule has 25 heavy (non-hydrogen) atoms. The average Bonchev–Trinajstić information content (AvgIpc) is 2.94. The fourth-order valence-electron chi connectivity index (χ4n) is 2.89. The van der Waals surface area contributed by atoms with Gasteiger partial charge in [-0.25, -0.2) is 4.98 Å². The van der Waals surface area contributed by atoms with E-state index in [0.29, 0.717) is 6.61 Å². The molecule has 0 spiro atoms. The van der Waals surface area contributed by atoms with Crippen LogP contribution in [0.15, 0.2) is 48.5 Å². The lowest BCUT2D eigenvalue weighted by Crippen LogP contribution is -2.07. The van der Waals surface area contributed by atoms with Gasteiger partial charge in [0.25, 0.3) is 0 Å². The maximum Gasteiger partial charge on any atom is 0.135 e. The minimum atomic E-state index is 0. The zero-order chi connectivity index (χ0) is 16.8. The van der Waals surface area contributed by atoms with Gasteiger partial charge in [0, 0.05) is 13.7 Å². The number of benzene rings is 2. The predicted molar refractivity (Wildman–Crippen MR) is 104 cm³/mol. The van der Waals surface area contributed by atoms with Crippen LogP contribution in [-0.4, -0.2) is 23.3 Å². The number of ether oxygens (including phenoxy) is 2. The summed E-state index contributed by atoms with van der Waals surface area (Å²) >= 11 is 0. The van der Waals surface area contributed by atoms with Crippen molar-refractivity contribution < 1.29 is 9.47 Å². The highest BCUT2D eigenvalue weighted by Crippen LogP contribution is 2.19. The fourth-order valence-corrected chi connectivity index (χ4v) is 2.89. The number of aromatic nitrogens is 2. The van der Waals surface area contributed by atoms with Crippen LogP contribution in [0.3, 0.4) is 0 Å². The van der Waals surface area contributed by atoms with Crippen LogP contribution in [0.4, 0.5) is 0 Å². The predicted octanol–water partition coefficient (Wildman–Crippen LogP) is 4.77. The Balaban J connectivity index is 0.00000225. The van der Waals surface area contributed by atoms with Crippen LogP contribution in [-0.2, 0) is 17.9 Å². The molecule has 0 radical (unpaired) electrons. The van der Waals surface area contributed by atoms with Gasteiger partial charge in [-0.2, -0.15) is 0 Å². The van der Waals surface area contributed by atoms with Gasteiger partial charge in [0.05, 0.1) is 17.6 Å². The van der Waals surface area contributed by atoms with E-state index in [1.165, 1.54) is 11.1 Å². The normalized spacial score (nSPS) is 10.6. The Bertz CT molecular complexity index is 801. The molecule has 0 N–H and O–H groups in total. The van der Waals surface area contributed by atoms with Crippen LogP contribution in [0.25, 0.3) is 11.0 Å². The molecular weight excluding hydrogens is 336 g/mol. The number of fused-ring (bicyclic) bond motifs is 1. The van der Waals surface area contributed by atoms with Crippen molar-refractivity contribution in [2.24, 2.45) is 0 Å². The summed E-state index contributed by atoms with van der Waals surface area (Å²) in [5.74, 6) is 1.96. The van der Waals surface area contributed by atoms with Gasteiger partial charge in [0.15, 0.2) is 0 Å². The molecule has 0 amide bonds. The number of nitrogens with zero attached hydrogens (tertiary/aromatic N) is 2. The van der Waals surface area contributed by atoms with Gasteiger partial charge in [-0.15, -0.1) is 12.4 Å². The molecule has 0 saturated heterocycles. The topological polar surface area (TPSA) is 36.3 Å². The number of methoxy groups -OCH3 is 1. The van der Waals surface area contributed by atoms with Crippen LogP contribution >= 0.6 is 12.4 Å². The number of rotatable bonds is 8. The Morgan fingerprint density at radius 3 is 2.56 bits per heavy atom. The second kappa shape index (κ2) is 9.44. The van der Waals surface area contributed by atoms with E-state index in [9.17, 15) is 0 Å². The minimum absolute atomic E-state index is 0. The molecule has 0 saturated carbocycles. The van der Waals surface area contributed by atoms with Crippen molar-refractivity contribution in [1.29, 1.82) is 0 Å². The SMILES string of the molecule is COCc1nc2ccccc2n1CCCCOc1ccccc1C.Cl. The zero-order valence-electron chi connectivity index (χ0n) is 14.8. The lowest BCUT2D eigenvalue weighted by atomic mass is 10.2. The molecule has 0 aliphatic rings. The maximum atomic E-state index is 5.87. The number of hydrogen-bond acceptors (Lipinski definition) is 3. The van der Waals surface area contributed by atoms with Gasteiger partial charge in [0.1, 0.15) is 18.2 Å². The summed E-state index contributed by atoms with van der Waals surface area (Å²) in [5, 5.41) is 0. The average molecular weight is 361 g/mol. The van der Waals surface area contributed by atoms with Crippen LogP contribution in [0.2, 0.25) is 0 Å². The number of hydrogen-bond donors (Lipinski definition) is 0. The number of aryl methyl sites for hydroxylation is 2. The smallest absolute Gasteiger partial charge is 0.135 e. The summed E-state index contributed by atoms with van der Waals surface area (Å²) in [4.78, 5) is 4.67. The Morgan fingerprint density at radius 1 is 1.00 bits per heavy atom. The second-order valence-electron chi connectivity index (χ2n) is 5.92. The molecule has 1 aromatic heterocycles. The third kappa shape index (κ3) is 4.74. The summed E-state index contributed by atoms with van der Waals surface area (Å²) in [6, 6.07) is 16.4. The van der Waals surface area contributed by atoms with Gasteiger partial charge in [-0.1, -0.05) is 30.3 Å². The first-order valence-corrected chi connectivity index (χ1v) is 8.41. The van der Waals surface area contributed by atoms with Crippen molar-refractivity contribution in [3.05, 3.63) is 59.9 Å². The van der Waals surface area contributed by atoms with Crippen molar-refractivity contribution in [2.45, 2.75) is 32.9 Å². The first-order valence-electron chi connectivity index (χ1n) is 8.41. The Labute approximate surface area is 155 Å². The molecule has 4 nitrogen and oxygen atoms in total. The van der Waals surface area contributed by atoms with E-state index >= 15 is 0 Å². The summed E-state index contributed by atoms with van der Waals surface area (Å²) in [5.41, 5.74) is 3.38. The highest BCUT2D eigenvalue weighted by atomic mass is 35.5. The third-order valence-electron chi connectivity index (χ3n) is 4.13. The van der Waals surface area contributed by atoms with E-state index in [2.05, 4.69) is 34.7 Å². The quantitative estimate of drug-likeness (QED) is 0.543. The standard InChI is InChI=1S/C20H24N2O2.ClH/c1-16-9-3-6-12-19(16)24-14-8-7-13-22-18-11-5-4-10-17(18)21-20(22)15-23-2;/h3-6,9-12H,7-8,13-15H2,1-2H3;1H. The first-order chi connectivity index (χ1) is 11.8. The van der Waals surface area contributed by atoms with E-state index in [1.807, 2.05) is 30.3 Å². The summed E-state index contributed by atoms with van der Waals surface area (Å²) in [6.07, 6.45) is 2.05. The largest absolute Gasteiger partial charge is 0.493 e. The Kier molecular flexibility index (Phi) is 7.29. The monoisotopic (exact) mass is 360 g/mol. The highest BCUT2D eigenvalue weighted by Gasteiger charge is 2.09. The van der Waals surface area contributed by atoms with E-state index in [-0.39, 0.29) is 12.4 Å². The Morgan fingerprint density at radius 2 is 1.76 bits per heavy atom. The third-order valence-corrected chi connectivity index (χ3v) is 4.13. The molecule has 3 rings (SSSR count). The lowest BCUT2D eigenvalue weighted by molar-refractivity contribution is 0.174. The fraction of sp³-hybridized carbons (Fsp3) is 0.350. The zero-order valence-corrected chi connectivity index (χ0v) is 15.6. The number of imidazole rings is 1. The summed E-state index contributed by atoms with van der Waals surface area (Å²) in [7, 11) is 1.71. The number of para-hydroxylation sites is 3. The highest BCUT2D eigenvalue weighted by molar-refractivity contribution is 5.85.